The predicted octanol–water partition coefficient (Wildman–Crippen LogP) is 4.45. The van der Waals surface area contributed by atoms with E-state index >= 15 is 0 Å². The summed E-state index contributed by atoms with van der Waals surface area (Å²) < 4.78 is 18.0. The van der Waals surface area contributed by atoms with Crippen molar-refractivity contribution in [3.8, 4) is 5.75 Å². The molecule has 34 heavy (non-hydrogen) atoms. The van der Waals surface area contributed by atoms with E-state index in [1.54, 1.807) is 6.07 Å². The highest BCUT2D eigenvalue weighted by Gasteiger charge is 2.21. The SMILES string of the molecule is CCc1c(OCCN2CCC(c3ccccc3)CC2)ccc2c(=O)cc(N3CCOCC3)oc12. The van der Waals surface area contributed by atoms with E-state index in [-0.39, 0.29) is 5.43 Å². The number of anilines is 1. The van der Waals surface area contributed by atoms with Crippen molar-refractivity contribution in [2.24, 2.45) is 0 Å². The molecule has 2 aliphatic rings. The van der Waals surface area contributed by atoms with Crippen LogP contribution < -0.4 is 15.1 Å². The van der Waals surface area contributed by atoms with Crippen LogP contribution in [0.3, 0.4) is 0 Å². The maximum absolute atomic E-state index is 12.8. The number of nitrogens with zero attached hydrogens (tertiary/aromatic N) is 2. The molecule has 3 aromatic rings. The molecular weight excluding hydrogens is 428 g/mol. The Morgan fingerprint density at radius 1 is 1.00 bits per heavy atom. The fourth-order valence-corrected chi connectivity index (χ4v) is 5.15. The van der Waals surface area contributed by atoms with Crippen LogP contribution in [0.25, 0.3) is 11.0 Å². The van der Waals surface area contributed by atoms with Crippen molar-refractivity contribution in [3.05, 3.63) is 69.9 Å². The van der Waals surface area contributed by atoms with Gasteiger partial charge in [0.2, 0.25) is 0 Å². The lowest BCUT2D eigenvalue weighted by molar-refractivity contribution is 0.121. The van der Waals surface area contributed by atoms with Crippen molar-refractivity contribution in [1.82, 2.24) is 4.90 Å². The summed E-state index contributed by atoms with van der Waals surface area (Å²) in [5.74, 6) is 2.10. The number of fused-ring (bicyclic) bond motifs is 1. The summed E-state index contributed by atoms with van der Waals surface area (Å²) in [6, 6.07) is 16.2. The highest BCUT2D eigenvalue weighted by molar-refractivity contribution is 5.83. The first-order valence-electron chi connectivity index (χ1n) is 12.6. The van der Waals surface area contributed by atoms with E-state index in [2.05, 4.69) is 47.1 Å². The molecule has 0 spiro atoms. The molecule has 0 unspecified atom stereocenters. The lowest BCUT2D eigenvalue weighted by atomic mass is 9.89. The molecule has 0 atom stereocenters. The van der Waals surface area contributed by atoms with Crippen LogP contribution in [0.2, 0.25) is 0 Å². The molecule has 0 aliphatic carbocycles. The highest BCUT2D eigenvalue weighted by atomic mass is 16.5. The minimum atomic E-state index is -0.00900. The number of ether oxygens (including phenoxy) is 2. The minimum absolute atomic E-state index is 0.00900. The van der Waals surface area contributed by atoms with Crippen molar-refractivity contribution < 1.29 is 13.9 Å². The molecule has 2 fully saturated rings. The number of aryl methyl sites for hydroxylation is 1. The average molecular weight is 463 g/mol. The van der Waals surface area contributed by atoms with Gasteiger partial charge in [-0.1, -0.05) is 37.3 Å². The van der Waals surface area contributed by atoms with Crippen molar-refractivity contribution in [3.63, 3.8) is 0 Å². The molecule has 0 bridgehead atoms. The first-order chi connectivity index (χ1) is 16.7. The van der Waals surface area contributed by atoms with Crippen molar-refractivity contribution in [1.29, 1.82) is 0 Å². The summed E-state index contributed by atoms with van der Waals surface area (Å²) in [5.41, 5.74) is 3.07. The molecule has 6 heteroatoms. The summed E-state index contributed by atoms with van der Waals surface area (Å²) in [7, 11) is 0. The van der Waals surface area contributed by atoms with Gasteiger partial charge in [0.15, 0.2) is 11.3 Å². The third-order valence-corrected chi connectivity index (χ3v) is 7.14. The zero-order valence-corrected chi connectivity index (χ0v) is 20.0. The Morgan fingerprint density at radius 3 is 2.50 bits per heavy atom. The Hall–Kier alpha value is -2.83. The topological polar surface area (TPSA) is 55.2 Å². The zero-order chi connectivity index (χ0) is 23.3. The van der Waals surface area contributed by atoms with Gasteiger partial charge in [0.25, 0.3) is 0 Å². The van der Waals surface area contributed by atoms with E-state index in [0.29, 0.717) is 42.6 Å². The van der Waals surface area contributed by atoms with Gasteiger partial charge < -0.3 is 18.8 Å². The van der Waals surface area contributed by atoms with Gasteiger partial charge in [-0.05, 0) is 56.0 Å². The number of piperidine rings is 1. The Morgan fingerprint density at radius 2 is 1.76 bits per heavy atom. The highest BCUT2D eigenvalue weighted by Crippen LogP contribution is 2.31. The van der Waals surface area contributed by atoms with Gasteiger partial charge in [-0.25, -0.2) is 0 Å². The quantitative estimate of drug-likeness (QED) is 0.517. The van der Waals surface area contributed by atoms with Gasteiger partial charge in [-0.3, -0.25) is 9.69 Å². The zero-order valence-electron chi connectivity index (χ0n) is 20.0. The van der Waals surface area contributed by atoms with E-state index in [1.165, 1.54) is 18.4 Å². The Labute approximate surface area is 201 Å². The number of hydrogen-bond donors (Lipinski definition) is 0. The summed E-state index contributed by atoms with van der Waals surface area (Å²) in [5, 5.41) is 0.615. The van der Waals surface area contributed by atoms with Crippen LogP contribution in [-0.2, 0) is 11.2 Å². The van der Waals surface area contributed by atoms with Crippen LogP contribution >= 0.6 is 0 Å². The Bertz CT molecular complexity index is 1150. The van der Waals surface area contributed by atoms with Crippen LogP contribution in [0.5, 0.6) is 5.75 Å². The molecule has 0 amide bonds. The molecule has 0 radical (unpaired) electrons. The lowest BCUT2D eigenvalue weighted by Crippen LogP contribution is -2.36. The second kappa shape index (κ2) is 10.6. The van der Waals surface area contributed by atoms with Crippen molar-refractivity contribution in [2.75, 3.05) is 57.4 Å². The number of benzene rings is 2. The Balaban J connectivity index is 1.24. The maximum Gasteiger partial charge on any atom is 0.200 e. The third kappa shape index (κ3) is 4.98. The van der Waals surface area contributed by atoms with E-state index in [4.69, 9.17) is 13.9 Å². The average Bonchev–Trinajstić information content (AvgIpc) is 2.90. The standard InChI is InChI=1S/C28H34N2O4/c1-2-23-26(33-19-14-29-12-10-22(11-13-29)21-6-4-3-5-7-21)9-8-24-25(31)20-27(34-28(23)24)30-15-17-32-18-16-30/h3-9,20,22H,2,10-19H2,1H3. The molecule has 0 N–H and O–H groups in total. The van der Waals surface area contributed by atoms with Gasteiger partial charge in [0, 0.05) is 31.3 Å². The largest absolute Gasteiger partial charge is 0.492 e. The minimum Gasteiger partial charge on any atom is -0.492 e. The van der Waals surface area contributed by atoms with Gasteiger partial charge in [0.05, 0.1) is 18.6 Å². The molecule has 6 nitrogen and oxygen atoms in total. The summed E-state index contributed by atoms with van der Waals surface area (Å²) in [6.45, 7) is 8.56. The third-order valence-electron chi connectivity index (χ3n) is 7.14. The second-order valence-electron chi connectivity index (χ2n) is 9.20. The van der Waals surface area contributed by atoms with Crippen LogP contribution in [0, 0.1) is 0 Å². The number of likely N-dealkylation sites (tertiary alicyclic amines) is 1. The smallest absolute Gasteiger partial charge is 0.200 e. The normalized spacial score (nSPS) is 17.9. The first-order valence-corrected chi connectivity index (χ1v) is 12.6. The van der Waals surface area contributed by atoms with E-state index < -0.39 is 0 Å². The summed E-state index contributed by atoms with van der Waals surface area (Å²) in [4.78, 5) is 17.4. The van der Waals surface area contributed by atoms with E-state index in [0.717, 1.165) is 50.5 Å². The number of rotatable bonds is 7. The van der Waals surface area contributed by atoms with Crippen LogP contribution in [-0.4, -0.2) is 57.4 Å². The molecule has 2 saturated heterocycles. The fraction of sp³-hybridized carbons (Fsp3) is 0.464. The van der Waals surface area contributed by atoms with Crippen molar-refractivity contribution >= 4 is 16.9 Å². The number of hydrogen-bond acceptors (Lipinski definition) is 6. The monoisotopic (exact) mass is 462 g/mol. The number of morpholine rings is 1. The molecule has 3 heterocycles. The van der Waals surface area contributed by atoms with Gasteiger partial charge in [-0.2, -0.15) is 0 Å². The van der Waals surface area contributed by atoms with Crippen LogP contribution in [0.4, 0.5) is 5.88 Å². The predicted molar refractivity (Wildman–Crippen MR) is 135 cm³/mol. The van der Waals surface area contributed by atoms with Crippen molar-refractivity contribution in [2.45, 2.75) is 32.1 Å². The second-order valence-corrected chi connectivity index (χ2v) is 9.20. The van der Waals surface area contributed by atoms with Crippen LogP contribution in [0.1, 0.15) is 36.8 Å². The summed E-state index contributed by atoms with van der Waals surface area (Å²) >= 11 is 0. The Kier molecular flexibility index (Phi) is 7.16. The molecule has 2 aromatic carbocycles. The van der Waals surface area contributed by atoms with E-state index in [1.807, 2.05) is 12.1 Å². The molecule has 5 rings (SSSR count). The molecular formula is C28H34N2O4. The lowest BCUT2D eigenvalue weighted by Gasteiger charge is -2.32. The van der Waals surface area contributed by atoms with Gasteiger partial charge in [0.1, 0.15) is 17.9 Å². The van der Waals surface area contributed by atoms with Gasteiger partial charge in [-0.15, -0.1) is 0 Å². The molecule has 1 aromatic heterocycles. The molecule has 0 saturated carbocycles. The van der Waals surface area contributed by atoms with E-state index in [9.17, 15) is 4.79 Å². The molecule has 2 aliphatic heterocycles. The van der Waals surface area contributed by atoms with Gasteiger partial charge >= 0.3 is 0 Å². The van der Waals surface area contributed by atoms with Crippen LogP contribution in [0.15, 0.2) is 57.7 Å². The summed E-state index contributed by atoms with van der Waals surface area (Å²) in [6.07, 6.45) is 3.12. The first kappa shape index (κ1) is 22.9. The maximum atomic E-state index is 12.8. The fourth-order valence-electron chi connectivity index (χ4n) is 5.15. The molecule has 180 valence electrons.